The normalized spacial score (nSPS) is 15.8. The molecular formula is C14H16N2O3. The third kappa shape index (κ3) is 2.99. The molecule has 1 fully saturated rings. The quantitative estimate of drug-likeness (QED) is 0.743. The highest BCUT2D eigenvalue weighted by Crippen LogP contribution is 2.07. The van der Waals surface area contributed by atoms with E-state index in [9.17, 15) is 14.4 Å². The average Bonchev–Trinajstić information content (AvgIpc) is 2.43. The second-order valence-electron chi connectivity index (χ2n) is 4.45. The second kappa shape index (κ2) is 5.65. The Morgan fingerprint density at radius 3 is 2.26 bits per heavy atom. The highest BCUT2D eigenvalue weighted by atomic mass is 16.2. The number of piperazine rings is 1. The van der Waals surface area contributed by atoms with E-state index in [4.69, 9.17) is 0 Å². The molecule has 2 rings (SSSR count). The van der Waals surface area contributed by atoms with Crippen LogP contribution in [0.15, 0.2) is 30.3 Å². The van der Waals surface area contributed by atoms with E-state index in [2.05, 4.69) is 0 Å². The van der Waals surface area contributed by atoms with Crippen LogP contribution in [0.3, 0.4) is 0 Å². The van der Waals surface area contributed by atoms with Gasteiger partial charge in [-0.3, -0.25) is 14.4 Å². The van der Waals surface area contributed by atoms with Gasteiger partial charge in [0.1, 0.15) is 6.54 Å². The number of benzene rings is 1. The lowest BCUT2D eigenvalue weighted by molar-refractivity contribution is -0.149. The minimum Gasteiger partial charge on any atom is -0.332 e. The summed E-state index contributed by atoms with van der Waals surface area (Å²) in [5.41, 5.74) is 0.556. The number of carbonyl (C=O) groups is 3. The fraction of sp³-hybridized carbons (Fsp3) is 0.357. The molecule has 1 aromatic carbocycles. The molecule has 0 aliphatic carbocycles. The van der Waals surface area contributed by atoms with Gasteiger partial charge < -0.3 is 9.80 Å². The Morgan fingerprint density at radius 2 is 1.63 bits per heavy atom. The number of Topliss-reactive ketones (excluding diaryl/α,β-unsaturated/α-hetero) is 1. The van der Waals surface area contributed by atoms with Crippen molar-refractivity contribution < 1.29 is 14.4 Å². The molecule has 0 saturated carbocycles. The van der Waals surface area contributed by atoms with Gasteiger partial charge in [-0.05, 0) is 6.92 Å². The molecule has 0 spiro atoms. The van der Waals surface area contributed by atoms with Crippen LogP contribution >= 0.6 is 0 Å². The zero-order valence-electron chi connectivity index (χ0n) is 10.8. The molecule has 0 atom stereocenters. The van der Waals surface area contributed by atoms with Crippen LogP contribution < -0.4 is 0 Å². The van der Waals surface area contributed by atoms with Crippen LogP contribution in [-0.2, 0) is 9.59 Å². The third-order valence-electron chi connectivity index (χ3n) is 3.17. The zero-order chi connectivity index (χ0) is 13.8. The van der Waals surface area contributed by atoms with Crippen molar-refractivity contribution >= 4 is 17.6 Å². The van der Waals surface area contributed by atoms with Gasteiger partial charge in [0.25, 0.3) is 0 Å². The molecule has 0 radical (unpaired) electrons. The van der Waals surface area contributed by atoms with Gasteiger partial charge in [0.05, 0.1) is 13.1 Å². The van der Waals surface area contributed by atoms with Crippen LogP contribution in [0.4, 0.5) is 0 Å². The first-order chi connectivity index (χ1) is 9.11. The summed E-state index contributed by atoms with van der Waals surface area (Å²) >= 11 is 0. The van der Waals surface area contributed by atoms with Crippen molar-refractivity contribution in [2.24, 2.45) is 0 Å². The molecule has 1 aliphatic heterocycles. The number of hydrogen-bond acceptors (Lipinski definition) is 3. The Hall–Kier alpha value is -2.17. The first-order valence-corrected chi connectivity index (χ1v) is 6.25. The number of carbonyl (C=O) groups excluding carboxylic acids is 3. The predicted octanol–water partition coefficient (Wildman–Crippen LogP) is 0.560. The molecule has 5 heteroatoms. The highest BCUT2D eigenvalue weighted by Gasteiger charge is 2.30. The Labute approximate surface area is 111 Å². The Morgan fingerprint density at radius 1 is 1.05 bits per heavy atom. The second-order valence-corrected chi connectivity index (χ2v) is 4.45. The van der Waals surface area contributed by atoms with Crippen LogP contribution in [0, 0.1) is 0 Å². The molecule has 1 heterocycles. The standard InChI is InChI=1S/C14H16N2O3/c1-2-15-9-14(19)16(10-13(15)18)8-12(17)11-6-4-3-5-7-11/h3-7H,2,8-10H2,1H3. The Bertz CT molecular complexity index is 499. The smallest absolute Gasteiger partial charge is 0.243 e. The largest absolute Gasteiger partial charge is 0.332 e. The maximum absolute atomic E-state index is 12.0. The zero-order valence-corrected chi connectivity index (χ0v) is 10.8. The van der Waals surface area contributed by atoms with Crippen molar-refractivity contribution in [1.82, 2.24) is 9.80 Å². The summed E-state index contributed by atoms with van der Waals surface area (Å²) in [6.07, 6.45) is 0. The van der Waals surface area contributed by atoms with E-state index >= 15 is 0 Å². The lowest BCUT2D eigenvalue weighted by Gasteiger charge is -2.32. The van der Waals surface area contributed by atoms with Crippen molar-refractivity contribution in [2.45, 2.75) is 6.92 Å². The van der Waals surface area contributed by atoms with E-state index in [0.29, 0.717) is 12.1 Å². The summed E-state index contributed by atoms with van der Waals surface area (Å²) in [5.74, 6) is -0.430. The van der Waals surface area contributed by atoms with Crippen molar-refractivity contribution in [2.75, 3.05) is 26.2 Å². The number of amides is 2. The first kappa shape index (κ1) is 13.3. The van der Waals surface area contributed by atoms with Gasteiger partial charge in [0, 0.05) is 12.1 Å². The molecule has 2 amide bonds. The van der Waals surface area contributed by atoms with Crippen molar-refractivity contribution in [1.29, 1.82) is 0 Å². The molecular weight excluding hydrogens is 244 g/mol. The summed E-state index contributed by atoms with van der Waals surface area (Å²) in [6.45, 7) is 2.37. The first-order valence-electron chi connectivity index (χ1n) is 6.25. The minimum absolute atomic E-state index is 0.00868. The third-order valence-corrected chi connectivity index (χ3v) is 3.17. The van der Waals surface area contributed by atoms with Crippen LogP contribution in [0.2, 0.25) is 0 Å². The number of hydrogen-bond donors (Lipinski definition) is 0. The molecule has 0 N–H and O–H groups in total. The molecule has 1 saturated heterocycles. The fourth-order valence-electron chi connectivity index (χ4n) is 2.02. The molecule has 0 unspecified atom stereocenters. The average molecular weight is 260 g/mol. The van der Waals surface area contributed by atoms with Crippen LogP contribution in [0.25, 0.3) is 0 Å². The molecule has 0 aromatic heterocycles. The van der Waals surface area contributed by atoms with Gasteiger partial charge >= 0.3 is 0 Å². The van der Waals surface area contributed by atoms with Gasteiger partial charge in [-0.2, -0.15) is 0 Å². The SMILES string of the molecule is CCN1CC(=O)N(CC(=O)c2ccccc2)CC1=O. The summed E-state index contributed by atoms with van der Waals surface area (Å²) in [7, 11) is 0. The summed E-state index contributed by atoms with van der Waals surface area (Å²) < 4.78 is 0. The summed E-state index contributed by atoms with van der Waals surface area (Å²) in [5, 5.41) is 0. The lowest BCUT2D eigenvalue weighted by atomic mass is 10.1. The van der Waals surface area contributed by atoms with Gasteiger partial charge in [0.2, 0.25) is 11.8 Å². The minimum atomic E-state index is -0.175. The molecule has 1 aromatic rings. The predicted molar refractivity (Wildman–Crippen MR) is 69.6 cm³/mol. The monoisotopic (exact) mass is 260 g/mol. The van der Waals surface area contributed by atoms with Crippen LogP contribution in [0.1, 0.15) is 17.3 Å². The van der Waals surface area contributed by atoms with E-state index in [1.54, 1.807) is 24.3 Å². The molecule has 1 aliphatic rings. The number of ketones is 1. The lowest BCUT2D eigenvalue weighted by Crippen LogP contribution is -2.54. The molecule has 0 bridgehead atoms. The van der Waals surface area contributed by atoms with Gasteiger partial charge in [-0.25, -0.2) is 0 Å². The summed E-state index contributed by atoms with van der Waals surface area (Å²) in [4.78, 5) is 38.4. The molecule has 19 heavy (non-hydrogen) atoms. The molecule has 5 nitrogen and oxygen atoms in total. The Balaban J connectivity index is 2.02. The van der Waals surface area contributed by atoms with E-state index in [0.717, 1.165) is 0 Å². The van der Waals surface area contributed by atoms with Crippen molar-refractivity contribution in [3.8, 4) is 0 Å². The van der Waals surface area contributed by atoms with E-state index in [1.165, 1.54) is 9.80 Å². The van der Waals surface area contributed by atoms with Crippen LogP contribution in [0.5, 0.6) is 0 Å². The highest BCUT2D eigenvalue weighted by molar-refractivity contribution is 6.01. The topological polar surface area (TPSA) is 57.7 Å². The van der Waals surface area contributed by atoms with Crippen LogP contribution in [-0.4, -0.2) is 53.6 Å². The van der Waals surface area contributed by atoms with Crippen molar-refractivity contribution in [3.63, 3.8) is 0 Å². The Kier molecular flexibility index (Phi) is 3.94. The molecule has 100 valence electrons. The van der Waals surface area contributed by atoms with Gasteiger partial charge in [-0.15, -0.1) is 0 Å². The van der Waals surface area contributed by atoms with E-state index in [-0.39, 0.29) is 37.2 Å². The van der Waals surface area contributed by atoms with Crippen molar-refractivity contribution in [3.05, 3.63) is 35.9 Å². The number of likely N-dealkylation sites (N-methyl/N-ethyl adjacent to an activating group) is 1. The number of rotatable bonds is 4. The number of nitrogens with zero attached hydrogens (tertiary/aromatic N) is 2. The fourth-order valence-corrected chi connectivity index (χ4v) is 2.02. The van der Waals surface area contributed by atoms with Gasteiger partial charge in [0.15, 0.2) is 5.78 Å². The van der Waals surface area contributed by atoms with E-state index in [1.807, 2.05) is 13.0 Å². The maximum Gasteiger partial charge on any atom is 0.243 e. The maximum atomic E-state index is 12.0. The van der Waals surface area contributed by atoms with Gasteiger partial charge in [-0.1, -0.05) is 30.3 Å². The van der Waals surface area contributed by atoms with E-state index < -0.39 is 0 Å². The summed E-state index contributed by atoms with van der Waals surface area (Å²) in [6, 6.07) is 8.78.